The van der Waals surface area contributed by atoms with Crippen LogP contribution in [0.3, 0.4) is 0 Å². The maximum Gasteiger partial charge on any atom is 0.407 e. The van der Waals surface area contributed by atoms with Crippen molar-refractivity contribution < 1.29 is 38.2 Å². The van der Waals surface area contributed by atoms with Crippen molar-refractivity contribution in [3.05, 3.63) is 65.2 Å². The number of ether oxygens (including phenoxy) is 2. The minimum atomic E-state index is -1.19. The Morgan fingerprint density at radius 2 is 1.55 bits per heavy atom. The van der Waals surface area contributed by atoms with E-state index < -0.39 is 41.9 Å². The first-order valence-electron chi connectivity index (χ1n) is 14.7. The zero-order valence-corrected chi connectivity index (χ0v) is 25.2. The van der Waals surface area contributed by atoms with Gasteiger partial charge < -0.3 is 31.0 Å². The number of carbonyl (C=O) groups is 5. The molecule has 3 amide bonds. The third kappa shape index (κ3) is 9.88. The van der Waals surface area contributed by atoms with Crippen LogP contribution in [0.4, 0.5) is 4.79 Å². The molecule has 3 N–H and O–H groups in total. The molecule has 1 aliphatic carbocycles. The van der Waals surface area contributed by atoms with Crippen molar-refractivity contribution in [2.24, 2.45) is 0 Å². The van der Waals surface area contributed by atoms with Gasteiger partial charge in [-0.1, -0.05) is 48.5 Å². The van der Waals surface area contributed by atoms with Crippen LogP contribution in [0.25, 0.3) is 16.7 Å². The van der Waals surface area contributed by atoms with E-state index in [4.69, 9.17) is 15.0 Å². The number of ketones is 1. The summed E-state index contributed by atoms with van der Waals surface area (Å²) >= 11 is 0. The van der Waals surface area contributed by atoms with Crippen LogP contribution >= 0.6 is 0 Å². The Morgan fingerprint density at radius 1 is 0.909 bits per heavy atom. The summed E-state index contributed by atoms with van der Waals surface area (Å²) in [7, 11) is 0. The number of amides is 3. The van der Waals surface area contributed by atoms with Gasteiger partial charge in [0.05, 0.1) is 6.10 Å². The monoisotopic (exact) mass is 605 g/mol. The van der Waals surface area contributed by atoms with E-state index in [0.29, 0.717) is 25.6 Å². The molecule has 0 heterocycles. The number of hydrogen-bond donors (Lipinski definition) is 3. The van der Waals surface area contributed by atoms with Gasteiger partial charge in [-0.2, -0.15) is 4.79 Å². The third-order valence-electron chi connectivity index (χ3n) is 7.08. The standard InChI is InChI=1S/C32H39N5O7/c1-20(2)44-31(41)29(16-15-22(39)18-35-33)36-30(40)28(14-8-9-17-34-21(3)38)37-32(42)43-19-27-25-12-6-4-10-23(25)24-11-5-7-13-26(24)27/h4-7,10-13,18,20,27-29H,8-9,14-17,19H2,1-3H3,(H,34,38)(H,36,40)(H,37,42)/t28-,29-/m0/s1. The van der Waals surface area contributed by atoms with Crippen LogP contribution in [0.1, 0.15) is 69.9 Å². The highest BCUT2D eigenvalue weighted by Gasteiger charge is 2.31. The van der Waals surface area contributed by atoms with E-state index in [2.05, 4.69) is 20.7 Å². The maximum absolute atomic E-state index is 13.4. The summed E-state index contributed by atoms with van der Waals surface area (Å²) in [4.78, 5) is 64.9. The molecule has 2 aromatic rings. The molecular weight excluding hydrogens is 566 g/mol. The lowest BCUT2D eigenvalue weighted by molar-refractivity contribution is -0.152. The average Bonchev–Trinajstić information content (AvgIpc) is 3.30. The molecule has 0 saturated heterocycles. The normalized spacial score (nSPS) is 13.0. The number of benzene rings is 2. The molecule has 2 atom stereocenters. The molecule has 44 heavy (non-hydrogen) atoms. The van der Waals surface area contributed by atoms with Crippen LogP contribution in [0.2, 0.25) is 0 Å². The predicted molar refractivity (Wildman–Crippen MR) is 162 cm³/mol. The molecule has 234 valence electrons. The summed E-state index contributed by atoms with van der Waals surface area (Å²) < 4.78 is 10.9. The highest BCUT2D eigenvalue weighted by Crippen LogP contribution is 2.44. The van der Waals surface area contributed by atoms with Gasteiger partial charge in [0.25, 0.3) is 0 Å². The van der Waals surface area contributed by atoms with Gasteiger partial charge in [0, 0.05) is 25.8 Å². The van der Waals surface area contributed by atoms with E-state index in [1.165, 1.54) is 6.92 Å². The number of rotatable bonds is 16. The van der Waals surface area contributed by atoms with Crippen LogP contribution in [0.5, 0.6) is 0 Å². The quantitative estimate of drug-likeness (QED) is 0.0864. The average molecular weight is 606 g/mol. The molecule has 0 aliphatic heterocycles. The number of nitrogens with zero attached hydrogens (tertiary/aromatic N) is 2. The predicted octanol–water partition coefficient (Wildman–Crippen LogP) is 3.29. The second kappa shape index (κ2) is 16.7. The summed E-state index contributed by atoms with van der Waals surface area (Å²) in [6.07, 6.45) is 0.342. The molecule has 0 fully saturated rings. The first-order valence-corrected chi connectivity index (χ1v) is 14.7. The maximum atomic E-state index is 13.4. The van der Waals surface area contributed by atoms with Crippen molar-refractivity contribution in [1.82, 2.24) is 16.0 Å². The Bertz CT molecular complexity index is 1360. The van der Waals surface area contributed by atoms with Gasteiger partial charge in [-0.05, 0) is 61.8 Å². The SMILES string of the molecule is CC(=O)NCCCC[C@H](NC(=O)OCC1c2ccccc2-c2ccccc21)C(=O)N[C@@H](CCC(=O)C=[N+]=[N-])C(=O)OC(C)C. The molecule has 12 nitrogen and oxygen atoms in total. The van der Waals surface area contributed by atoms with E-state index in [9.17, 15) is 24.0 Å². The molecule has 0 radical (unpaired) electrons. The number of carbonyl (C=O) groups excluding carboxylic acids is 5. The number of hydrogen-bond acceptors (Lipinski definition) is 7. The van der Waals surface area contributed by atoms with E-state index in [0.717, 1.165) is 22.3 Å². The molecule has 1 aliphatic rings. The summed E-state index contributed by atoms with van der Waals surface area (Å²) in [5.74, 6) is -2.30. The lowest BCUT2D eigenvalue weighted by Crippen LogP contribution is -2.52. The summed E-state index contributed by atoms with van der Waals surface area (Å²) in [6, 6.07) is 13.6. The van der Waals surface area contributed by atoms with Gasteiger partial charge in [-0.25, -0.2) is 9.59 Å². The minimum absolute atomic E-state index is 0.0502. The van der Waals surface area contributed by atoms with Gasteiger partial charge in [-0.15, -0.1) is 0 Å². The minimum Gasteiger partial charge on any atom is -0.461 e. The highest BCUT2D eigenvalue weighted by atomic mass is 16.6. The van der Waals surface area contributed by atoms with E-state index in [1.54, 1.807) is 13.8 Å². The molecule has 0 unspecified atom stereocenters. The van der Waals surface area contributed by atoms with Crippen molar-refractivity contribution in [3.63, 3.8) is 0 Å². The Labute approximate surface area is 256 Å². The van der Waals surface area contributed by atoms with Crippen LogP contribution < -0.4 is 16.0 Å². The third-order valence-corrected chi connectivity index (χ3v) is 7.08. The number of Topliss-reactive ketones (excluding diaryl/α,β-unsaturated/α-hetero) is 1. The Hall–Kier alpha value is -4.83. The molecular formula is C32H39N5O7. The number of alkyl carbamates (subject to hydrolysis) is 1. The van der Waals surface area contributed by atoms with Crippen molar-refractivity contribution in [2.75, 3.05) is 13.2 Å². The fourth-order valence-electron chi connectivity index (χ4n) is 5.04. The molecule has 0 bridgehead atoms. The van der Waals surface area contributed by atoms with Crippen LogP contribution in [-0.2, 0) is 28.7 Å². The van der Waals surface area contributed by atoms with Gasteiger partial charge in [-0.3, -0.25) is 14.4 Å². The largest absolute Gasteiger partial charge is 0.461 e. The Kier molecular flexibility index (Phi) is 12.8. The smallest absolute Gasteiger partial charge is 0.407 e. The van der Waals surface area contributed by atoms with Crippen molar-refractivity contribution in [3.8, 4) is 11.1 Å². The van der Waals surface area contributed by atoms with Crippen molar-refractivity contribution >= 4 is 35.9 Å². The Morgan fingerprint density at radius 3 is 2.14 bits per heavy atom. The second-order valence-corrected chi connectivity index (χ2v) is 10.8. The van der Waals surface area contributed by atoms with Gasteiger partial charge in [0.2, 0.25) is 17.6 Å². The summed E-state index contributed by atoms with van der Waals surface area (Å²) in [5.41, 5.74) is 12.9. The number of esters is 1. The van der Waals surface area contributed by atoms with Crippen LogP contribution in [-0.4, -0.2) is 72.0 Å². The molecule has 12 heteroatoms. The second-order valence-electron chi connectivity index (χ2n) is 10.8. The van der Waals surface area contributed by atoms with E-state index in [1.807, 2.05) is 48.5 Å². The zero-order chi connectivity index (χ0) is 32.1. The fraction of sp³-hybridized carbons (Fsp3) is 0.438. The molecule has 3 rings (SSSR count). The zero-order valence-electron chi connectivity index (χ0n) is 25.2. The first-order chi connectivity index (χ1) is 21.1. The lowest BCUT2D eigenvalue weighted by Gasteiger charge is -2.23. The van der Waals surface area contributed by atoms with Crippen molar-refractivity contribution in [1.29, 1.82) is 0 Å². The summed E-state index contributed by atoms with van der Waals surface area (Å²) in [6.45, 7) is 5.15. The molecule has 0 saturated carbocycles. The Balaban J connectivity index is 1.70. The molecule has 0 aromatic heterocycles. The van der Waals surface area contributed by atoms with Crippen molar-refractivity contribution in [2.45, 2.75) is 77.0 Å². The molecule has 0 spiro atoms. The van der Waals surface area contributed by atoms with E-state index in [-0.39, 0.29) is 37.7 Å². The van der Waals surface area contributed by atoms with Gasteiger partial charge >= 0.3 is 18.3 Å². The number of nitrogens with one attached hydrogen (secondary N) is 3. The van der Waals surface area contributed by atoms with E-state index >= 15 is 0 Å². The van der Waals surface area contributed by atoms with Gasteiger partial charge in [0.1, 0.15) is 18.7 Å². The summed E-state index contributed by atoms with van der Waals surface area (Å²) in [5, 5.41) is 7.91. The highest BCUT2D eigenvalue weighted by molar-refractivity contribution is 6.25. The first kappa shape index (κ1) is 33.7. The topological polar surface area (TPSA) is 176 Å². The number of fused-ring (bicyclic) bond motifs is 3. The van der Waals surface area contributed by atoms with Gasteiger partial charge in [0.15, 0.2) is 0 Å². The number of unbranched alkanes of at least 4 members (excludes halogenated alkanes) is 1. The lowest BCUT2D eigenvalue weighted by atomic mass is 9.98. The fourth-order valence-corrected chi connectivity index (χ4v) is 5.04. The van der Waals surface area contributed by atoms with Crippen LogP contribution in [0, 0.1) is 0 Å². The molecule has 2 aromatic carbocycles. The van der Waals surface area contributed by atoms with Crippen LogP contribution in [0.15, 0.2) is 48.5 Å².